The first-order valence-corrected chi connectivity index (χ1v) is 18.6. The van der Waals surface area contributed by atoms with Crippen LogP contribution in [0.25, 0.3) is 44.7 Å². The maximum absolute atomic E-state index is 11.6. The molecule has 2 aliphatic heterocycles. The number of amides is 2. The van der Waals surface area contributed by atoms with E-state index in [4.69, 9.17) is 37.9 Å². The number of benzene rings is 2. The lowest BCUT2D eigenvalue weighted by molar-refractivity contribution is -0.129. The molecule has 2 amide bonds. The van der Waals surface area contributed by atoms with Crippen LogP contribution < -0.4 is 20.7 Å². The molecule has 7 rings (SSSR count). The Hall–Kier alpha value is -4.48. The average Bonchev–Trinajstić information content (AvgIpc) is 3.77. The average molecular weight is 741 g/mol. The van der Waals surface area contributed by atoms with Crippen molar-refractivity contribution in [2.24, 2.45) is 0 Å². The van der Waals surface area contributed by atoms with Crippen molar-refractivity contribution in [3.63, 3.8) is 0 Å². The van der Waals surface area contributed by atoms with Gasteiger partial charge in [-0.2, -0.15) is 0 Å². The van der Waals surface area contributed by atoms with E-state index in [1.165, 1.54) is 5.56 Å². The van der Waals surface area contributed by atoms with Crippen LogP contribution in [0.5, 0.6) is 5.88 Å². The predicted molar refractivity (Wildman–Crippen MR) is 207 cm³/mol. The van der Waals surface area contributed by atoms with Gasteiger partial charge in [0.1, 0.15) is 5.65 Å². The normalized spacial score (nSPS) is 16.4. The van der Waals surface area contributed by atoms with Crippen molar-refractivity contribution >= 4 is 46.0 Å². The summed E-state index contributed by atoms with van der Waals surface area (Å²) in [6, 6.07) is 20.4. The number of nitrogens with zero attached hydrogens (tertiary/aromatic N) is 3. The van der Waals surface area contributed by atoms with E-state index < -0.39 is 0 Å². The number of H-pyrrole nitrogens is 1. The Kier molecular flexibility index (Phi) is 11.1. The summed E-state index contributed by atoms with van der Waals surface area (Å²) in [5.41, 5.74) is 7.55. The maximum atomic E-state index is 11.6. The van der Waals surface area contributed by atoms with Crippen molar-refractivity contribution in [2.75, 3.05) is 33.3 Å². The topological polar surface area (TPSA) is 124 Å². The summed E-state index contributed by atoms with van der Waals surface area (Å²) in [6.45, 7) is 5.38. The second-order valence-electron chi connectivity index (χ2n) is 13.5. The number of aromatic amines is 1. The number of aromatic nitrogens is 3. The molecule has 0 unspecified atom stereocenters. The Labute approximate surface area is 313 Å². The smallest absolute Gasteiger partial charge is 0.220 e. The van der Waals surface area contributed by atoms with Crippen LogP contribution in [-0.2, 0) is 22.6 Å². The zero-order valence-electron chi connectivity index (χ0n) is 29.4. The first kappa shape index (κ1) is 35.9. The molecule has 5 aromatic rings. The monoisotopic (exact) mass is 739 g/mol. The van der Waals surface area contributed by atoms with Crippen LogP contribution >= 0.6 is 23.2 Å². The Morgan fingerprint density at radius 1 is 0.904 bits per heavy atom. The van der Waals surface area contributed by atoms with E-state index >= 15 is 0 Å². The molecule has 270 valence electrons. The lowest BCUT2D eigenvalue weighted by Gasteiger charge is -2.31. The number of carbonyl (C=O) groups excluding carboxylic acids is 2. The molecule has 2 fully saturated rings. The number of methoxy groups -OCH3 is 1. The Bertz CT molecular complexity index is 2090. The lowest BCUT2D eigenvalue weighted by atomic mass is 9.98. The summed E-state index contributed by atoms with van der Waals surface area (Å²) in [5.74, 6) is 0.774. The van der Waals surface area contributed by atoms with Crippen molar-refractivity contribution in [3.05, 3.63) is 88.0 Å². The number of pyridine rings is 2. The number of fused-ring (bicyclic) bond motifs is 1. The predicted octanol–water partition coefficient (Wildman–Crippen LogP) is 6.79. The van der Waals surface area contributed by atoms with E-state index in [0.29, 0.717) is 47.2 Å². The van der Waals surface area contributed by atoms with E-state index in [0.717, 1.165) is 89.9 Å². The quantitative estimate of drug-likeness (QED) is 0.111. The third kappa shape index (κ3) is 7.80. The minimum Gasteiger partial charge on any atom is -0.481 e. The summed E-state index contributed by atoms with van der Waals surface area (Å²) in [6.07, 6.45) is 6.29. The van der Waals surface area contributed by atoms with Crippen LogP contribution in [0.4, 0.5) is 0 Å². The van der Waals surface area contributed by atoms with Crippen molar-refractivity contribution in [1.29, 1.82) is 0 Å². The molecule has 10 nitrogen and oxygen atoms in total. The lowest BCUT2D eigenvalue weighted by Crippen LogP contribution is -2.44. The van der Waals surface area contributed by atoms with Gasteiger partial charge < -0.3 is 30.6 Å². The molecule has 12 heteroatoms. The highest BCUT2D eigenvalue weighted by Gasteiger charge is 2.22. The minimum atomic E-state index is 0.103. The van der Waals surface area contributed by atoms with Crippen molar-refractivity contribution in [2.45, 2.75) is 57.7 Å². The number of halogens is 2. The fourth-order valence-electron chi connectivity index (χ4n) is 7.25. The van der Waals surface area contributed by atoms with Gasteiger partial charge in [-0.05, 0) is 56.0 Å². The van der Waals surface area contributed by atoms with E-state index in [1.807, 2.05) is 65.7 Å². The van der Waals surface area contributed by atoms with Crippen LogP contribution in [-0.4, -0.2) is 77.0 Å². The fourth-order valence-corrected chi connectivity index (χ4v) is 7.89. The second kappa shape index (κ2) is 16.0. The molecule has 1 atom stereocenters. The van der Waals surface area contributed by atoms with E-state index in [-0.39, 0.29) is 17.9 Å². The molecule has 4 N–H and O–H groups in total. The number of nitrogens with one attached hydrogen (secondary N) is 4. The number of ether oxygens (including phenoxy) is 1. The molecule has 0 bridgehead atoms. The largest absolute Gasteiger partial charge is 0.481 e. The molecule has 2 aliphatic rings. The summed E-state index contributed by atoms with van der Waals surface area (Å²) >= 11 is 14.3. The molecule has 3 aromatic heterocycles. The van der Waals surface area contributed by atoms with Crippen molar-refractivity contribution in [3.8, 4) is 39.5 Å². The number of piperidine rings is 1. The van der Waals surface area contributed by atoms with Gasteiger partial charge in [-0.25, -0.2) is 9.97 Å². The zero-order chi connectivity index (χ0) is 36.2. The molecular formula is C40H43Cl2N7O3. The Morgan fingerprint density at radius 3 is 2.23 bits per heavy atom. The van der Waals surface area contributed by atoms with Gasteiger partial charge in [0.2, 0.25) is 17.7 Å². The molecule has 52 heavy (non-hydrogen) atoms. The summed E-state index contributed by atoms with van der Waals surface area (Å²) in [4.78, 5) is 38.2. The van der Waals surface area contributed by atoms with Gasteiger partial charge in [0.25, 0.3) is 0 Å². The molecule has 2 saturated heterocycles. The highest BCUT2D eigenvalue weighted by atomic mass is 35.5. The number of rotatable bonds is 12. The molecule has 5 heterocycles. The SMILES string of the molecule is COc1nc(-c2cccc(-c3cccc(-c4ccc5c(CCNC6CCN(C(C)=O)CC6)c[nH]c5n4)c3Cl)c2Cl)ccc1CNC[C@@H]1CCC(=O)N1. The third-order valence-electron chi connectivity index (χ3n) is 10.2. The first-order chi connectivity index (χ1) is 25.3. The van der Waals surface area contributed by atoms with Gasteiger partial charge in [-0.15, -0.1) is 0 Å². The van der Waals surface area contributed by atoms with Gasteiger partial charge in [0.15, 0.2) is 0 Å². The van der Waals surface area contributed by atoms with Gasteiger partial charge in [0.05, 0.1) is 28.5 Å². The highest BCUT2D eigenvalue weighted by molar-refractivity contribution is 6.39. The summed E-state index contributed by atoms with van der Waals surface area (Å²) in [7, 11) is 1.61. The Morgan fingerprint density at radius 2 is 1.58 bits per heavy atom. The molecule has 0 saturated carbocycles. The summed E-state index contributed by atoms with van der Waals surface area (Å²) in [5, 5.41) is 12.2. The number of hydrogen-bond donors (Lipinski definition) is 4. The third-order valence-corrected chi connectivity index (χ3v) is 11.0. The molecule has 0 spiro atoms. The van der Waals surface area contributed by atoms with Crippen molar-refractivity contribution in [1.82, 2.24) is 35.8 Å². The summed E-state index contributed by atoms with van der Waals surface area (Å²) < 4.78 is 5.66. The van der Waals surface area contributed by atoms with Gasteiger partial charge in [-0.3, -0.25) is 9.59 Å². The second-order valence-corrected chi connectivity index (χ2v) is 14.3. The maximum Gasteiger partial charge on any atom is 0.220 e. The van der Waals surface area contributed by atoms with E-state index in [1.54, 1.807) is 14.0 Å². The van der Waals surface area contributed by atoms with E-state index in [9.17, 15) is 9.59 Å². The molecule has 2 aromatic carbocycles. The Balaban J connectivity index is 1.05. The van der Waals surface area contributed by atoms with Gasteiger partial charge in [0, 0.05) is 91.0 Å². The number of likely N-dealkylation sites (tertiary alicyclic amines) is 1. The number of carbonyl (C=O) groups is 2. The van der Waals surface area contributed by atoms with Crippen LogP contribution in [0.1, 0.15) is 43.7 Å². The fraction of sp³-hybridized carbons (Fsp3) is 0.350. The molecular weight excluding hydrogens is 697 g/mol. The first-order valence-electron chi connectivity index (χ1n) is 17.9. The minimum absolute atomic E-state index is 0.103. The van der Waals surface area contributed by atoms with Gasteiger partial charge >= 0.3 is 0 Å². The van der Waals surface area contributed by atoms with Crippen LogP contribution in [0.2, 0.25) is 10.0 Å². The van der Waals surface area contributed by atoms with Crippen LogP contribution in [0, 0.1) is 0 Å². The molecule has 0 aliphatic carbocycles. The molecule has 0 radical (unpaired) electrons. The van der Waals surface area contributed by atoms with Crippen LogP contribution in [0.15, 0.2) is 66.9 Å². The zero-order valence-corrected chi connectivity index (χ0v) is 30.9. The number of hydrogen-bond acceptors (Lipinski definition) is 7. The highest BCUT2D eigenvalue weighted by Crippen LogP contribution is 2.42. The standard InChI is InChI=1S/C40H43Cl2N7O3/c1-24(50)49-19-16-27(17-20-49)44-18-15-25-22-45-39-29(25)11-13-34(47-39)32-7-3-5-30(37(32)41)31-6-4-8-33(38(31)42)35-12-9-26(40(48-35)52-2)21-43-23-28-10-14-36(51)46-28/h3-9,11-13,22,27-28,43-44H,10,14-21,23H2,1-2H3,(H,45,47)(H,46,51)/t28-/m0/s1. The van der Waals surface area contributed by atoms with Crippen LogP contribution in [0.3, 0.4) is 0 Å². The van der Waals surface area contributed by atoms with E-state index in [2.05, 4.69) is 27.0 Å². The van der Waals surface area contributed by atoms with Crippen molar-refractivity contribution < 1.29 is 14.3 Å². The van der Waals surface area contributed by atoms with Gasteiger partial charge in [-0.1, -0.05) is 65.7 Å².